The minimum absolute atomic E-state index is 0.0781. The van der Waals surface area contributed by atoms with Crippen molar-refractivity contribution < 1.29 is 14.0 Å². The molecule has 0 aliphatic rings. The van der Waals surface area contributed by atoms with E-state index in [0.717, 1.165) is 11.1 Å². The van der Waals surface area contributed by atoms with Crippen LogP contribution in [0.25, 0.3) is 17.4 Å². The summed E-state index contributed by atoms with van der Waals surface area (Å²) >= 11 is 12.1. The van der Waals surface area contributed by atoms with Gasteiger partial charge in [-0.1, -0.05) is 40.9 Å². The van der Waals surface area contributed by atoms with Crippen LogP contribution in [-0.2, 0) is 4.79 Å². The summed E-state index contributed by atoms with van der Waals surface area (Å²) in [5.41, 5.74) is 2.31. The molecule has 3 rings (SSSR count). The summed E-state index contributed by atoms with van der Waals surface area (Å²) in [6.45, 7) is 5.62. The number of rotatable bonds is 6. The van der Waals surface area contributed by atoms with Gasteiger partial charge in [-0.2, -0.15) is 0 Å². The summed E-state index contributed by atoms with van der Waals surface area (Å²) < 4.78 is 5.84. The molecule has 31 heavy (non-hydrogen) atoms. The van der Waals surface area contributed by atoms with E-state index in [4.69, 9.17) is 27.6 Å². The lowest BCUT2D eigenvalue weighted by Gasteiger charge is -2.13. The Balaban J connectivity index is 1.89. The molecule has 1 aromatic heterocycles. The smallest absolute Gasteiger partial charge is 0.268 e. The minimum atomic E-state index is -0.414. The van der Waals surface area contributed by atoms with Crippen LogP contribution in [0.1, 0.15) is 35.5 Å². The molecule has 2 aromatic carbocycles. The van der Waals surface area contributed by atoms with E-state index in [1.165, 1.54) is 6.08 Å². The van der Waals surface area contributed by atoms with Gasteiger partial charge in [-0.3, -0.25) is 9.59 Å². The number of hydrogen-bond acceptors (Lipinski definition) is 3. The number of benzene rings is 2. The zero-order valence-corrected chi connectivity index (χ0v) is 18.8. The molecule has 0 bridgehead atoms. The Morgan fingerprint density at radius 2 is 1.68 bits per heavy atom. The molecule has 0 saturated heterocycles. The Morgan fingerprint density at radius 1 is 0.968 bits per heavy atom. The number of furan rings is 1. The molecule has 0 radical (unpaired) electrons. The Kier molecular flexibility index (Phi) is 7.21. The van der Waals surface area contributed by atoms with E-state index < -0.39 is 5.91 Å². The van der Waals surface area contributed by atoms with Gasteiger partial charge in [0.1, 0.15) is 17.2 Å². The fraction of sp³-hybridized carbons (Fsp3) is 0.167. The number of nitrogens with one attached hydrogen (secondary N) is 2. The van der Waals surface area contributed by atoms with Gasteiger partial charge < -0.3 is 15.1 Å². The van der Waals surface area contributed by atoms with Crippen molar-refractivity contribution in [2.45, 2.75) is 26.8 Å². The summed E-state index contributed by atoms with van der Waals surface area (Å²) in [5, 5.41) is 6.33. The highest BCUT2D eigenvalue weighted by Gasteiger charge is 2.16. The highest BCUT2D eigenvalue weighted by molar-refractivity contribution is 6.42. The van der Waals surface area contributed by atoms with Gasteiger partial charge in [0.05, 0.1) is 10.0 Å². The van der Waals surface area contributed by atoms with Gasteiger partial charge in [0.25, 0.3) is 11.8 Å². The summed E-state index contributed by atoms with van der Waals surface area (Å²) in [5.74, 6) is 0.154. The monoisotopic (exact) mass is 456 g/mol. The van der Waals surface area contributed by atoms with Crippen LogP contribution in [0.5, 0.6) is 0 Å². The number of halogens is 2. The minimum Gasteiger partial charge on any atom is -0.457 e. The van der Waals surface area contributed by atoms with E-state index in [0.29, 0.717) is 27.1 Å². The second-order valence-corrected chi connectivity index (χ2v) is 8.15. The van der Waals surface area contributed by atoms with Crippen LogP contribution in [0.2, 0.25) is 10.0 Å². The van der Waals surface area contributed by atoms with Gasteiger partial charge in [0.15, 0.2) is 0 Å². The first-order chi connectivity index (χ1) is 14.7. The lowest BCUT2D eigenvalue weighted by atomic mass is 10.1. The molecule has 1 heterocycles. The standard InChI is InChI=1S/C24H22Cl2N2O3/c1-14(2)27-24(30)21(28-23(29)16-6-4-15(3)5-7-16)13-18-9-11-22(31-18)17-8-10-19(25)20(26)12-17/h4-14H,1-3H3,(H,27,30)(H,28,29). The summed E-state index contributed by atoms with van der Waals surface area (Å²) in [6.07, 6.45) is 1.49. The number of aryl methyl sites for hydroxylation is 1. The van der Waals surface area contributed by atoms with Crippen LogP contribution >= 0.6 is 23.2 Å². The van der Waals surface area contributed by atoms with E-state index in [1.807, 2.05) is 32.9 Å². The van der Waals surface area contributed by atoms with Crippen molar-refractivity contribution in [1.29, 1.82) is 0 Å². The van der Waals surface area contributed by atoms with Gasteiger partial charge in [-0.15, -0.1) is 0 Å². The average molecular weight is 457 g/mol. The summed E-state index contributed by atoms with van der Waals surface area (Å²) in [4.78, 5) is 25.3. The van der Waals surface area contributed by atoms with Crippen molar-refractivity contribution in [3.63, 3.8) is 0 Å². The molecule has 0 aliphatic carbocycles. The van der Waals surface area contributed by atoms with Crippen molar-refractivity contribution in [2.24, 2.45) is 0 Å². The molecule has 2 N–H and O–H groups in total. The molecular weight excluding hydrogens is 435 g/mol. The van der Waals surface area contributed by atoms with Crippen LogP contribution in [0.3, 0.4) is 0 Å². The van der Waals surface area contributed by atoms with E-state index in [2.05, 4.69) is 10.6 Å². The predicted octanol–water partition coefficient (Wildman–Crippen LogP) is 5.86. The molecule has 0 fully saturated rings. The zero-order valence-electron chi connectivity index (χ0n) is 17.3. The first kappa shape index (κ1) is 22.7. The maximum atomic E-state index is 12.7. The molecule has 7 heteroatoms. The molecule has 160 valence electrons. The van der Waals surface area contributed by atoms with Gasteiger partial charge in [0.2, 0.25) is 0 Å². The molecule has 0 unspecified atom stereocenters. The largest absolute Gasteiger partial charge is 0.457 e. The maximum Gasteiger partial charge on any atom is 0.268 e. The fourth-order valence-corrected chi connectivity index (χ4v) is 3.07. The van der Waals surface area contributed by atoms with Crippen LogP contribution in [0.4, 0.5) is 0 Å². The number of amides is 2. The molecule has 2 amide bonds. The summed E-state index contributed by atoms with van der Waals surface area (Å²) in [6, 6.07) is 15.6. The van der Waals surface area contributed by atoms with E-state index in [1.54, 1.807) is 42.5 Å². The third kappa shape index (κ3) is 6.00. The van der Waals surface area contributed by atoms with Crippen molar-refractivity contribution in [1.82, 2.24) is 10.6 Å². The quantitative estimate of drug-likeness (QED) is 0.456. The van der Waals surface area contributed by atoms with Crippen molar-refractivity contribution >= 4 is 41.1 Å². The highest BCUT2D eigenvalue weighted by atomic mass is 35.5. The lowest BCUT2D eigenvalue weighted by molar-refractivity contribution is -0.118. The van der Waals surface area contributed by atoms with Gasteiger partial charge in [0, 0.05) is 23.2 Å². The number of carbonyl (C=O) groups is 2. The van der Waals surface area contributed by atoms with E-state index in [9.17, 15) is 9.59 Å². The summed E-state index contributed by atoms with van der Waals surface area (Å²) in [7, 11) is 0. The number of carbonyl (C=O) groups excluding carboxylic acids is 2. The molecule has 0 aliphatic heterocycles. The van der Waals surface area contributed by atoms with E-state index in [-0.39, 0.29) is 17.6 Å². The average Bonchev–Trinajstić information content (AvgIpc) is 3.18. The third-order valence-corrected chi connectivity index (χ3v) is 5.08. The molecule has 3 aromatic rings. The van der Waals surface area contributed by atoms with Crippen molar-refractivity contribution in [2.75, 3.05) is 0 Å². The first-order valence-corrected chi connectivity index (χ1v) is 10.4. The Bertz CT molecular complexity index is 1130. The van der Waals surface area contributed by atoms with Crippen LogP contribution in [-0.4, -0.2) is 17.9 Å². The van der Waals surface area contributed by atoms with Gasteiger partial charge >= 0.3 is 0 Å². The Morgan fingerprint density at radius 3 is 2.32 bits per heavy atom. The second kappa shape index (κ2) is 9.86. The van der Waals surface area contributed by atoms with Crippen molar-refractivity contribution in [3.05, 3.63) is 87.2 Å². The first-order valence-electron chi connectivity index (χ1n) is 9.69. The molecule has 5 nitrogen and oxygen atoms in total. The molecule has 0 spiro atoms. The lowest BCUT2D eigenvalue weighted by Crippen LogP contribution is -2.38. The SMILES string of the molecule is Cc1ccc(C(=O)NC(=Cc2ccc(-c3ccc(Cl)c(Cl)c3)o2)C(=O)NC(C)C)cc1. The van der Waals surface area contributed by atoms with Gasteiger partial charge in [-0.05, 0) is 63.2 Å². The van der Waals surface area contributed by atoms with Gasteiger partial charge in [-0.25, -0.2) is 0 Å². The Hall–Kier alpha value is -3.02. The number of hydrogen-bond donors (Lipinski definition) is 2. The predicted molar refractivity (Wildman–Crippen MR) is 124 cm³/mol. The van der Waals surface area contributed by atoms with Crippen LogP contribution < -0.4 is 10.6 Å². The fourth-order valence-electron chi connectivity index (χ4n) is 2.77. The van der Waals surface area contributed by atoms with Crippen molar-refractivity contribution in [3.8, 4) is 11.3 Å². The third-order valence-electron chi connectivity index (χ3n) is 4.34. The Labute approximate surface area is 191 Å². The highest BCUT2D eigenvalue weighted by Crippen LogP contribution is 2.30. The van der Waals surface area contributed by atoms with E-state index >= 15 is 0 Å². The van der Waals surface area contributed by atoms with Crippen LogP contribution in [0.15, 0.2) is 64.7 Å². The molecule has 0 atom stereocenters. The molecule has 0 saturated carbocycles. The van der Waals surface area contributed by atoms with Crippen LogP contribution in [0, 0.1) is 6.92 Å². The maximum absolute atomic E-state index is 12.7. The zero-order chi connectivity index (χ0) is 22.5. The normalized spacial score (nSPS) is 11.5. The topological polar surface area (TPSA) is 71.3 Å². The molecular formula is C24H22Cl2N2O3. The second-order valence-electron chi connectivity index (χ2n) is 7.34.